The van der Waals surface area contributed by atoms with Gasteiger partial charge in [-0.25, -0.2) is 0 Å². The molecule has 0 radical (unpaired) electrons. The van der Waals surface area contributed by atoms with Crippen molar-refractivity contribution in [3.63, 3.8) is 0 Å². The Hall–Kier alpha value is -2.14. The summed E-state index contributed by atoms with van der Waals surface area (Å²) in [4.78, 5) is 14.6. The largest absolute Gasteiger partial charge is 0.378 e. The van der Waals surface area contributed by atoms with E-state index in [-0.39, 0.29) is 5.69 Å². The van der Waals surface area contributed by atoms with Gasteiger partial charge >= 0.3 is 0 Å². The molecule has 2 rings (SSSR count). The van der Waals surface area contributed by atoms with Crippen molar-refractivity contribution >= 4 is 23.0 Å². The second-order valence-corrected chi connectivity index (χ2v) is 4.30. The Morgan fingerprint density at radius 2 is 2.11 bits per heavy atom. The number of nitro benzene ring substituents is 1. The molecule has 0 amide bonds. The van der Waals surface area contributed by atoms with E-state index in [0.29, 0.717) is 23.7 Å². The topological polar surface area (TPSA) is 68.1 Å². The van der Waals surface area contributed by atoms with Gasteiger partial charge in [0.15, 0.2) is 0 Å². The summed E-state index contributed by atoms with van der Waals surface area (Å²) < 4.78 is 0. The van der Waals surface area contributed by atoms with Gasteiger partial charge in [-0.05, 0) is 18.2 Å². The number of para-hydroxylation sites is 1. The summed E-state index contributed by atoms with van der Waals surface area (Å²) in [5, 5.41) is 14.2. The Labute approximate surface area is 115 Å². The van der Waals surface area contributed by atoms with Crippen LogP contribution in [-0.4, -0.2) is 16.5 Å². The predicted octanol–water partition coefficient (Wildman–Crippen LogP) is 3.30. The zero-order valence-electron chi connectivity index (χ0n) is 10.0. The van der Waals surface area contributed by atoms with E-state index >= 15 is 0 Å². The molecule has 0 fully saturated rings. The normalized spacial score (nSPS) is 10.2. The van der Waals surface area contributed by atoms with Crippen molar-refractivity contribution < 1.29 is 4.92 Å². The highest BCUT2D eigenvalue weighted by molar-refractivity contribution is 6.33. The summed E-state index contributed by atoms with van der Waals surface area (Å²) in [5.74, 6) is 0. The van der Waals surface area contributed by atoms with Gasteiger partial charge in [0.1, 0.15) is 5.69 Å². The molecular weight excluding hydrogens is 266 g/mol. The first-order valence-corrected chi connectivity index (χ1v) is 6.13. The monoisotopic (exact) mass is 277 g/mol. The lowest BCUT2D eigenvalue weighted by Gasteiger charge is -2.08. The third-order valence-corrected chi connectivity index (χ3v) is 2.91. The molecular formula is C13H12ClN3O2. The summed E-state index contributed by atoms with van der Waals surface area (Å²) in [6.07, 6.45) is 2.39. The highest BCUT2D eigenvalue weighted by atomic mass is 35.5. The first-order valence-electron chi connectivity index (χ1n) is 5.75. The molecule has 1 N–H and O–H groups in total. The number of rotatable bonds is 5. The first kappa shape index (κ1) is 13.3. The van der Waals surface area contributed by atoms with Crippen LogP contribution in [0.3, 0.4) is 0 Å². The molecule has 0 aliphatic rings. The second kappa shape index (κ2) is 6.15. The fourth-order valence-electron chi connectivity index (χ4n) is 1.70. The molecule has 19 heavy (non-hydrogen) atoms. The van der Waals surface area contributed by atoms with Gasteiger partial charge in [-0.2, -0.15) is 0 Å². The fourth-order valence-corrected chi connectivity index (χ4v) is 1.94. The van der Waals surface area contributed by atoms with Gasteiger partial charge in [-0.3, -0.25) is 15.1 Å². The molecule has 0 saturated heterocycles. The smallest absolute Gasteiger partial charge is 0.293 e. The summed E-state index contributed by atoms with van der Waals surface area (Å²) in [6.45, 7) is 0.529. The molecule has 5 nitrogen and oxygen atoms in total. The minimum Gasteiger partial charge on any atom is -0.378 e. The van der Waals surface area contributed by atoms with E-state index in [2.05, 4.69) is 10.3 Å². The average molecular weight is 278 g/mol. The Balaban J connectivity index is 2.05. The standard InChI is InChI=1S/C13H12ClN3O2/c14-11-5-3-6-12(17(18)19)13(11)16-9-7-10-4-1-2-8-15-10/h1-6,8,16H,7,9H2. The van der Waals surface area contributed by atoms with E-state index in [1.807, 2.05) is 18.2 Å². The number of anilines is 1. The summed E-state index contributed by atoms with van der Waals surface area (Å²) in [6, 6.07) is 10.3. The molecule has 0 aliphatic carbocycles. The Morgan fingerprint density at radius 1 is 1.26 bits per heavy atom. The van der Waals surface area contributed by atoms with Crippen LogP contribution in [0.15, 0.2) is 42.6 Å². The number of nitrogens with one attached hydrogen (secondary N) is 1. The molecule has 1 aromatic heterocycles. The molecule has 1 aromatic carbocycles. The molecule has 0 unspecified atom stereocenters. The highest BCUT2D eigenvalue weighted by Gasteiger charge is 2.15. The Kier molecular flexibility index (Phi) is 4.30. The maximum atomic E-state index is 10.9. The molecule has 0 spiro atoms. The van der Waals surface area contributed by atoms with Crippen LogP contribution in [0.2, 0.25) is 5.02 Å². The van der Waals surface area contributed by atoms with Crippen molar-refractivity contribution in [2.75, 3.05) is 11.9 Å². The van der Waals surface area contributed by atoms with Crippen LogP contribution < -0.4 is 5.32 Å². The van der Waals surface area contributed by atoms with E-state index in [0.717, 1.165) is 5.69 Å². The highest BCUT2D eigenvalue weighted by Crippen LogP contribution is 2.31. The van der Waals surface area contributed by atoms with Crippen molar-refractivity contribution in [3.05, 3.63) is 63.4 Å². The third kappa shape index (κ3) is 3.42. The predicted molar refractivity (Wildman–Crippen MR) is 74.5 cm³/mol. The molecule has 2 aromatic rings. The Bertz CT molecular complexity index is 575. The first-order chi connectivity index (χ1) is 9.18. The molecule has 0 saturated carbocycles. The summed E-state index contributed by atoms with van der Waals surface area (Å²) in [7, 11) is 0. The quantitative estimate of drug-likeness (QED) is 0.672. The molecule has 1 heterocycles. The zero-order chi connectivity index (χ0) is 13.7. The maximum Gasteiger partial charge on any atom is 0.293 e. The summed E-state index contributed by atoms with van der Waals surface area (Å²) in [5.41, 5.74) is 1.25. The average Bonchev–Trinajstić information content (AvgIpc) is 2.41. The molecule has 0 bridgehead atoms. The van der Waals surface area contributed by atoms with Gasteiger partial charge in [-0.15, -0.1) is 0 Å². The van der Waals surface area contributed by atoms with Crippen molar-refractivity contribution in [1.29, 1.82) is 0 Å². The molecule has 98 valence electrons. The Morgan fingerprint density at radius 3 is 2.79 bits per heavy atom. The number of nitro groups is 1. The van der Waals surface area contributed by atoms with Crippen LogP contribution in [0.1, 0.15) is 5.69 Å². The van der Waals surface area contributed by atoms with Crippen LogP contribution in [0.5, 0.6) is 0 Å². The van der Waals surface area contributed by atoms with Crippen LogP contribution in [-0.2, 0) is 6.42 Å². The van der Waals surface area contributed by atoms with Crippen molar-refractivity contribution in [2.45, 2.75) is 6.42 Å². The minimum absolute atomic E-state index is 0.0199. The van der Waals surface area contributed by atoms with Gasteiger partial charge in [0.2, 0.25) is 0 Å². The summed E-state index contributed by atoms with van der Waals surface area (Å²) >= 11 is 5.97. The fraction of sp³-hybridized carbons (Fsp3) is 0.154. The van der Waals surface area contributed by atoms with Gasteiger partial charge in [-0.1, -0.05) is 23.7 Å². The lowest BCUT2D eigenvalue weighted by Crippen LogP contribution is -2.08. The van der Waals surface area contributed by atoms with Gasteiger partial charge in [0.25, 0.3) is 5.69 Å². The van der Waals surface area contributed by atoms with E-state index < -0.39 is 4.92 Å². The van der Waals surface area contributed by atoms with Gasteiger partial charge in [0.05, 0.1) is 9.95 Å². The van der Waals surface area contributed by atoms with Crippen LogP contribution in [0.4, 0.5) is 11.4 Å². The minimum atomic E-state index is -0.449. The molecule has 6 heteroatoms. The number of halogens is 1. The van der Waals surface area contributed by atoms with E-state index in [9.17, 15) is 10.1 Å². The number of pyridine rings is 1. The SMILES string of the molecule is O=[N+]([O-])c1cccc(Cl)c1NCCc1ccccn1. The van der Waals surface area contributed by atoms with Crippen molar-refractivity contribution in [2.24, 2.45) is 0 Å². The zero-order valence-corrected chi connectivity index (χ0v) is 10.8. The van der Waals surface area contributed by atoms with Gasteiger partial charge in [0, 0.05) is 30.9 Å². The second-order valence-electron chi connectivity index (χ2n) is 3.89. The number of aromatic nitrogens is 1. The van der Waals surface area contributed by atoms with Crippen LogP contribution in [0.25, 0.3) is 0 Å². The number of nitrogens with zero attached hydrogens (tertiary/aromatic N) is 2. The number of hydrogen-bond donors (Lipinski definition) is 1. The number of hydrogen-bond acceptors (Lipinski definition) is 4. The van der Waals surface area contributed by atoms with E-state index in [4.69, 9.17) is 11.6 Å². The third-order valence-electron chi connectivity index (χ3n) is 2.60. The maximum absolute atomic E-state index is 10.9. The lowest BCUT2D eigenvalue weighted by molar-refractivity contribution is -0.383. The van der Waals surface area contributed by atoms with Gasteiger partial charge < -0.3 is 5.32 Å². The lowest BCUT2D eigenvalue weighted by atomic mass is 10.2. The molecule has 0 aliphatic heterocycles. The van der Waals surface area contributed by atoms with Crippen molar-refractivity contribution in [1.82, 2.24) is 4.98 Å². The van der Waals surface area contributed by atoms with E-state index in [1.165, 1.54) is 6.07 Å². The molecule has 0 atom stereocenters. The van der Waals surface area contributed by atoms with Crippen molar-refractivity contribution in [3.8, 4) is 0 Å². The number of benzene rings is 1. The van der Waals surface area contributed by atoms with Crippen LogP contribution >= 0.6 is 11.6 Å². The van der Waals surface area contributed by atoms with Crippen LogP contribution in [0, 0.1) is 10.1 Å². The van der Waals surface area contributed by atoms with E-state index in [1.54, 1.807) is 18.3 Å².